The van der Waals surface area contributed by atoms with Crippen LogP contribution in [0.5, 0.6) is 0 Å². The minimum Gasteiger partial charge on any atom is -0.379 e. The first kappa shape index (κ1) is 13.7. The minimum atomic E-state index is -4.56. The number of rotatable bonds is 6. The summed E-state index contributed by atoms with van der Waals surface area (Å²) in [5.74, 6) is 0.861. The van der Waals surface area contributed by atoms with E-state index >= 15 is 0 Å². The van der Waals surface area contributed by atoms with E-state index < -0.39 is 13.0 Å². The summed E-state index contributed by atoms with van der Waals surface area (Å²) in [7, 11) is 0. The highest BCUT2D eigenvalue weighted by atomic mass is 19.4. The van der Waals surface area contributed by atoms with Crippen LogP contribution in [0.25, 0.3) is 0 Å². The summed E-state index contributed by atoms with van der Waals surface area (Å²) in [6.07, 6.45) is -1.27. The SMILES string of the molecule is NCC1CCCC1COCCOC(F)(F)F. The zero-order chi connectivity index (χ0) is 12.0. The van der Waals surface area contributed by atoms with Crippen molar-refractivity contribution in [1.29, 1.82) is 0 Å². The Bertz CT molecular complexity index is 199. The van der Waals surface area contributed by atoms with Gasteiger partial charge in [-0.15, -0.1) is 13.2 Å². The van der Waals surface area contributed by atoms with Crippen molar-refractivity contribution < 1.29 is 22.6 Å². The van der Waals surface area contributed by atoms with Crippen molar-refractivity contribution in [2.24, 2.45) is 17.6 Å². The van der Waals surface area contributed by atoms with Crippen LogP contribution in [0.4, 0.5) is 13.2 Å². The summed E-state index contributed by atoms with van der Waals surface area (Å²) < 4.78 is 43.6. The van der Waals surface area contributed by atoms with Gasteiger partial charge in [-0.3, -0.25) is 4.74 Å². The van der Waals surface area contributed by atoms with E-state index in [1.54, 1.807) is 0 Å². The van der Waals surface area contributed by atoms with Crippen LogP contribution in [0.2, 0.25) is 0 Å². The molecule has 0 aromatic carbocycles. The number of nitrogens with two attached hydrogens (primary N) is 1. The zero-order valence-electron chi connectivity index (χ0n) is 9.13. The highest BCUT2D eigenvalue weighted by Crippen LogP contribution is 2.30. The number of hydrogen-bond donors (Lipinski definition) is 1. The Morgan fingerprint density at radius 2 is 1.81 bits per heavy atom. The highest BCUT2D eigenvalue weighted by molar-refractivity contribution is 4.77. The molecule has 1 rings (SSSR count). The summed E-state index contributed by atoms with van der Waals surface area (Å²) in [4.78, 5) is 0. The van der Waals surface area contributed by atoms with Crippen LogP contribution in [0, 0.1) is 11.8 Å². The predicted octanol–water partition coefficient (Wildman–Crippen LogP) is 1.91. The maximum absolute atomic E-state index is 11.6. The molecule has 0 spiro atoms. The van der Waals surface area contributed by atoms with E-state index in [0.29, 0.717) is 25.0 Å². The van der Waals surface area contributed by atoms with Gasteiger partial charge in [0.05, 0.1) is 13.2 Å². The van der Waals surface area contributed by atoms with Gasteiger partial charge in [0.2, 0.25) is 0 Å². The molecule has 2 atom stereocenters. The molecule has 0 amide bonds. The van der Waals surface area contributed by atoms with Crippen LogP contribution >= 0.6 is 0 Å². The lowest BCUT2D eigenvalue weighted by atomic mass is 9.97. The molecule has 1 aliphatic rings. The number of halogens is 3. The molecule has 0 heterocycles. The van der Waals surface area contributed by atoms with Gasteiger partial charge in [0.25, 0.3) is 0 Å². The molecule has 1 fully saturated rings. The van der Waals surface area contributed by atoms with Crippen LogP contribution in [0.1, 0.15) is 19.3 Å². The zero-order valence-corrected chi connectivity index (χ0v) is 9.13. The fourth-order valence-corrected chi connectivity index (χ4v) is 2.09. The van der Waals surface area contributed by atoms with Crippen LogP contribution in [-0.4, -0.2) is 32.7 Å². The average molecular weight is 241 g/mol. The normalized spacial score (nSPS) is 26.2. The van der Waals surface area contributed by atoms with Gasteiger partial charge in [-0.05, 0) is 31.2 Å². The van der Waals surface area contributed by atoms with Gasteiger partial charge in [0, 0.05) is 6.61 Å². The van der Waals surface area contributed by atoms with Crippen molar-refractivity contribution >= 4 is 0 Å². The van der Waals surface area contributed by atoms with E-state index in [-0.39, 0.29) is 6.61 Å². The maximum Gasteiger partial charge on any atom is 0.522 e. The molecule has 2 unspecified atom stereocenters. The van der Waals surface area contributed by atoms with Crippen molar-refractivity contribution in [3.05, 3.63) is 0 Å². The fourth-order valence-electron chi connectivity index (χ4n) is 2.09. The average Bonchev–Trinajstić information content (AvgIpc) is 2.63. The first-order valence-corrected chi connectivity index (χ1v) is 5.51. The topological polar surface area (TPSA) is 44.5 Å². The van der Waals surface area contributed by atoms with Crippen molar-refractivity contribution in [1.82, 2.24) is 0 Å². The predicted molar refractivity (Wildman–Crippen MR) is 52.7 cm³/mol. The summed E-state index contributed by atoms with van der Waals surface area (Å²) in [5, 5.41) is 0. The minimum absolute atomic E-state index is 0.0205. The monoisotopic (exact) mass is 241 g/mol. The van der Waals surface area contributed by atoms with Crippen molar-refractivity contribution in [3.63, 3.8) is 0 Å². The van der Waals surface area contributed by atoms with Crippen LogP contribution in [-0.2, 0) is 9.47 Å². The molecule has 1 aliphatic carbocycles. The smallest absolute Gasteiger partial charge is 0.379 e. The molecule has 6 heteroatoms. The Morgan fingerprint density at radius 1 is 1.12 bits per heavy atom. The number of ether oxygens (including phenoxy) is 2. The fraction of sp³-hybridized carbons (Fsp3) is 1.00. The van der Waals surface area contributed by atoms with Crippen LogP contribution < -0.4 is 5.73 Å². The summed E-state index contributed by atoms with van der Waals surface area (Å²) in [6, 6.07) is 0. The second-order valence-electron chi connectivity index (χ2n) is 4.06. The second kappa shape index (κ2) is 6.42. The molecule has 3 nitrogen and oxygen atoms in total. The molecule has 1 saturated carbocycles. The van der Waals surface area contributed by atoms with E-state index in [2.05, 4.69) is 4.74 Å². The van der Waals surface area contributed by atoms with Crippen LogP contribution in [0.3, 0.4) is 0 Å². The molecule has 0 bridgehead atoms. The van der Waals surface area contributed by atoms with Gasteiger partial charge in [0.1, 0.15) is 0 Å². The summed E-state index contributed by atoms with van der Waals surface area (Å²) in [5.41, 5.74) is 5.58. The molecule has 16 heavy (non-hydrogen) atoms. The third-order valence-corrected chi connectivity index (χ3v) is 2.94. The molecule has 96 valence electrons. The molecule has 0 aromatic heterocycles. The van der Waals surface area contributed by atoms with Crippen molar-refractivity contribution in [2.45, 2.75) is 25.6 Å². The number of hydrogen-bond acceptors (Lipinski definition) is 3. The van der Waals surface area contributed by atoms with E-state index in [9.17, 15) is 13.2 Å². The lowest BCUT2D eigenvalue weighted by Crippen LogP contribution is -2.23. The van der Waals surface area contributed by atoms with E-state index in [1.807, 2.05) is 0 Å². The van der Waals surface area contributed by atoms with E-state index in [4.69, 9.17) is 10.5 Å². The van der Waals surface area contributed by atoms with Gasteiger partial charge >= 0.3 is 6.36 Å². The van der Waals surface area contributed by atoms with E-state index in [0.717, 1.165) is 19.3 Å². The highest BCUT2D eigenvalue weighted by Gasteiger charge is 2.29. The Hall–Kier alpha value is -0.330. The Morgan fingerprint density at radius 3 is 2.44 bits per heavy atom. The lowest BCUT2D eigenvalue weighted by Gasteiger charge is -2.17. The first-order valence-electron chi connectivity index (χ1n) is 5.51. The lowest BCUT2D eigenvalue weighted by molar-refractivity contribution is -0.327. The van der Waals surface area contributed by atoms with Crippen molar-refractivity contribution in [3.8, 4) is 0 Å². The largest absolute Gasteiger partial charge is 0.522 e. The van der Waals surface area contributed by atoms with Gasteiger partial charge in [0.15, 0.2) is 0 Å². The second-order valence-corrected chi connectivity index (χ2v) is 4.06. The van der Waals surface area contributed by atoms with Gasteiger partial charge in [-0.2, -0.15) is 0 Å². The molecule has 0 radical (unpaired) electrons. The van der Waals surface area contributed by atoms with Crippen molar-refractivity contribution in [2.75, 3.05) is 26.4 Å². The van der Waals surface area contributed by atoms with Gasteiger partial charge < -0.3 is 10.5 Å². The van der Waals surface area contributed by atoms with E-state index in [1.165, 1.54) is 0 Å². The van der Waals surface area contributed by atoms with Gasteiger partial charge in [-0.25, -0.2) is 0 Å². The maximum atomic E-state index is 11.6. The number of alkyl halides is 3. The molecule has 0 aromatic rings. The van der Waals surface area contributed by atoms with Gasteiger partial charge in [-0.1, -0.05) is 6.42 Å². The Balaban J connectivity index is 2.03. The third-order valence-electron chi connectivity index (χ3n) is 2.94. The van der Waals surface area contributed by atoms with Crippen LogP contribution in [0.15, 0.2) is 0 Å². The Kier molecular flexibility index (Phi) is 5.51. The summed E-state index contributed by atoms with van der Waals surface area (Å²) >= 11 is 0. The quantitative estimate of drug-likeness (QED) is 0.722. The molecular formula is C10H18F3NO2. The summed E-state index contributed by atoms with van der Waals surface area (Å²) in [6.45, 7) is 0.660. The standard InChI is InChI=1S/C10H18F3NO2/c11-10(12,13)16-5-4-15-7-9-3-1-2-8(9)6-14/h8-9H,1-7,14H2. The third kappa shape index (κ3) is 5.14. The molecule has 2 N–H and O–H groups in total. The first-order chi connectivity index (χ1) is 7.53. The molecule has 0 saturated heterocycles. The molecular weight excluding hydrogens is 223 g/mol. The molecule has 0 aliphatic heterocycles. The Labute approximate surface area is 93.1 Å².